The van der Waals surface area contributed by atoms with Crippen molar-refractivity contribution in [2.24, 2.45) is 11.8 Å². The Kier molecular flexibility index (Phi) is 7.00. The molecule has 1 aliphatic rings. The van der Waals surface area contributed by atoms with E-state index < -0.39 is 11.8 Å². The van der Waals surface area contributed by atoms with Crippen LogP contribution in [-0.2, 0) is 14.3 Å². The number of benzene rings is 1. The average molecular weight is 368 g/mol. The van der Waals surface area contributed by atoms with E-state index in [1.165, 1.54) is 30.7 Å². The average Bonchev–Trinajstić information content (AvgIpc) is 2.57. The molecule has 1 aromatic carbocycles. The van der Waals surface area contributed by atoms with Crippen LogP contribution in [-0.4, -0.2) is 24.5 Å². The first-order valence-corrected chi connectivity index (χ1v) is 8.84. The van der Waals surface area contributed by atoms with Gasteiger partial charge in [-0.25, -0.2) is 9.18 Å². The Hall–Kier alpha value is -1.88. The van der Waals surface area contributed by atoms with Crippen LogP contribution in [0.15, 0.2) is 24.3 Å². The van der Waals surface area contributed by atoms with Crippen LogP contribution in [0.3, 0.4) is 0 Å². The number of halogens is 2. The van der Waals surface area contributed by atoms with Crippen molar-refractivity contribution in [3.63, 3.8) is 0 Å². The maximum atomic E-state index is 13.6. The van der Waals surface area contributed by atoms with E-state index in [0.29, 0.717) is 11.8 Å². The molecule has 0 bridgehead atoms. The van der Waals surface area contributed by atoms with E-state index in [2.05, 4.69) is 19.2 Å². The minimum Gasteiger partial charge on any atom is -0.452 e. The highest BCUT2D eigenvalue weighted by Gasteiger charge is 2.28. The van der Waals surface area contributed by atoms with Crippen LogP contribution in [0.4, 0.5) is 4.39 Å². The second-order valence-corrected chi connectivity index (χ2v) is 6.92. The van der Waals surface area contributed by atoms with Gasteiger partial charge < -0.3 is 10.1 Å². The topological polar surface area (TPSA) is 55.4 Å². The highest BCUT2D eigenvalue weighted by atomic mass is 35.5. The fourth-order valence-electron chi connectivity index (χ4n) is 3.04. The number of rotatable bonds is 5. The number of amides is 1. The normalized spacial score (nSPS) is 23.4. The molecule has 0 aromatic heterocycles. The number of carbonyl (C=O) groups is 2. The van der Waals surface area contributed by atoms with Gasteiger partial charge in [0.25, 0.3) is 5.91 Å². The number of ether oxygens (including phenoxy) is 1. The maximum Gasteiger partial charge on any atom is 0.331 e. The van der Waals surface area contributed by atoms with Crippen LogP contribution in [0.2, 0.25) is 5.02 Å². The minimum atomic E-state index is -0.723. The van der Waals surface area contributed by atoms with E-state index >= 15 is 0 Å². The van der Waals surface area contributed by atoms with E-state index in [1.807, 2.05) is 0 Å². The monoisotopic (exact) mass is 367 g/mol. The molecule has 4 nitrogen and oxygen atoms in total. The summed E-state index contributed by atoms with van der Waals surface area (Å²) in [5.41, 5.74) is 0.107. The van der Waals surface area contributed by atoms with Gasteiger partial charge in [0.2, 0.25) is 0 Å². The highest BCUT2D eigenvalue weighted by molar-refractivity contribution is 6.32. The molecule has 1 fully saturated rings. The zero-order chi connectivity index (χ0) is 18.4. The molecule has 25 heavy (non-hydrogen) atoms. The third kappa shape index (κ3) is 5.56. The summed E-state index contributed by atoms with van der Waals surface area (Å²) in [5.74, 6) is -0.614. The molecule has 0 unspecified atom stereocenters. The summed E-state index contributed by atoms with van der Waals surface area (Å²) < 4.78 is 18.5. The maximum absolute atomic E-state index is 13.6. The van der Waals surface area contributed by atoms with E-state index in [4.69, 9.17) is 16.3 Å². The molecule has 0 saturated heterocycles. The van der Waals surface area contributed by atoms with Crippen molar-refractivity contribution >= 4 is 29.6 Å². The summed E-state index contributed by atoms with van der Waals surface area (Å²) in [6, 6.07) is 4.36. The van der Waals surface area contributed by atoms with Crippen molar-refractivity contribution in [3.05, 3.63) is 40.7 Å². The Morgan fingerprint density at radius 2 is 2.12 bits per heavy atom. The predicted molar refractivity (Wildman–Crippen MR) is 95.5 cm³/mol. The summed E-state index contributed by atoms with van der Waals surface area (Å²) in [5, 5.41) is 3.12. The Labute approximate surface area is 152 Å². The number of hydrogen-bond donors (Lipinski definition) is 1. The van der Waals surface area contributed by atoms with Crippen molar-refractivity contribution < 1.29 is 18.7 Å². The van der Waals surface area contributed by atoms with Gasteiger partial charge in [-0.1, -0.05) is 44.4 Å². The highest BCUT2D eigenvalue weighted by Crippen LogP contribution is 2.29. The molecule has 1 aliphatic carbocycles. The Balaban J connectivity index is 1.81. The summed E-state index contributed by atoms with van der Waals surface area (Å²) in [6.45, 7) is 3.95. The SMILES string of the molecule is C[C@H]1[C@@H](NC(=O)COC(=O)/C=C/c2c(F)cccc2Cl)CCC[C@@H]1C. The van der Waals surface area contributed by atoms with Crippen LogP contribution in [0.5, 0.6) is 0 Å². The van der Waals surface area contributed by atoms with Gasteiger partial charge in [0.05, 0.1) is 5.02 Å². The molecule has 0 aliphatic heterocycles. The molecule has 3 atom stereocenters. The smallest absolute Gasteiger partial charge is 0.331 e. The van der Waals surface area contributed by atoms with Crippen molar-refractivity contribution in [1.29, 1.82) is 0 Å². The van der Waals surface area contributed by atoms with E-state index in [-0.39, 0.29) is 29.1 Å². The van der Waals surface area contributed by atoms with Crippen LogP contribution < -0.4 is 5.32 Å². The fourth-order valence-corrected chi connectivity index (χ4v) is 3.27. The van der Waals surface area contributed by atoms with Crippen LogP contribution >= 0.6 is 11.6 Å². The van der Waals surface area contributed by atoms with Crippen LogP contribution in [0.25, 0.3) is 6.08 Å². The van der Waals surface area contributed by atoms with Crippen molar-refractivity contribution in [1.82, 2.24) is 5.32 Å². The van der Waals surface area contributed by atoms with Crippen LogP contribution in [0.1, 0.15) is 38.7 Å². The predicted octanol–water partition coefficient (Wildman–Crippen LogP) is 3.98. The second kappa shape index (κ2) is 8.99. The van der Waals surface area contributed by atoms with Gasteiger partial charge >= 0.3 is 5.97 Å². The molecule has 0 heterocycles. The molecule has 136 valence electrons. The first-order chi connectivity index (χ1) is 11.9. The molecular formula is C19H23ClFNO3. The standard InChI is InChI=1S/C19H23ClFNO3/c1-12-5-3-8-17(13(12)2)22-18(23)11-25-19(24)10-9-14-15(20)6-4-7-16(14)21/h4,6-7,9-10,12-13,17H,3,5,8,11H2,1-2H3,(H,22,23)/b10-9+/t12-,13+,17-/m0/s1. The third-order valence-corrected chi connectivity index (χ3v) is 5.11. The molecule has 1 amide bonds. The quantitative estimate of drug-likeness (QED) is 0.632. The van der Waals surface area contributed by atoms with Gasteiger partial charge in [0, 0.05) is 17.7 Å². The van der Waals surface area contributed by atoms with Crippen molar-refractivity contribution in [2.75, 3.05) is 6.61 Å². The van der Waals surface area contributed by atoms with E-state index in [9.17, 15) is 14.0 Å². The fraction of sp³-hybridized carbons (Fsp3) is 0.474. The van der Waals surface area contributed by atoms with E-state index in [1.54, 1.807) is 0 Å². The zero-order valence-corrected chi connectivity index (χ0v) is 15.2. The van der Waals surface area contributed by atoms with Gasteiger partial charge in [-0.15, -0.1) is 0 Å². The molecule has 1 aromatic rings. The molecule has 1 N–H and O–H groups in total. The molecule has 0 radical (unpaired) electrons. The summed E-state index contributed by atoms with van der Waals surface area (Å²) in [4.78, 5) is 23.7. The van der Waals surface area contributed by atoms with Gasteiger partial charge in [-0.05, 0) is 36.5 Å². The lowest BCUT2D eigenvalue weighted by Gasteiger charge is -2.34. The lowest BCUT2D eigenvalue weighted by atomic mass is 9.78. The van der Waals surface area contributed by atoms with Crippen molar-refractivity contribution in [2.45, 2.75) is 39.2 Å². The number of hydrogen-bond acceptors (Lipinski definition) is 3. The molecule has 2 rings (SSSR count). The molecule has 0 spiro atoms. The molecular weight excluding hydrogens is 345 g/mol. The Morgan fingerprint density at radius 1 is 1.36 bits per heavy atom. The Morgan fingerprint density at radius 3 is 2.84 bits per heavy atom. The first kappa shape index (κ1) is 19.4. The number of carbonyl (C=O) groups excluding carboxylic acids is 2. The second-order valence-electron chi connectivity index (χ2n) is 6.52. The van der Waals surface area contributed by atoms with Crippen LogP contribution in [0, 0.1) is 17.7 Å². The summed E-state index contributed by atoms with van der Waals surface area (Å²) >= 11 is 5.87. The lowest BCUT2D eigenvalue weighted by Crippen LogP contribution is -2.45. The Bertz CT molecular complexity index is 642. The largest absolute Gasteiger partial charge is 0.452 e. The molecule has 6 heteroatoms. The number of esters is 1. The lowest BCUT2D eigenvalue weighted by molar-refractivity contribution is -0.144. The zero-order valence-electron chi connectivity index (χ0n) is 14.4. The summed E-state index contributed by atoms with van der Waals surface area (Å²) in [7, 11) is 0. The number of nitrogens with one attached hydrogen (secondary N) is 1. The van der Waals surface area contributed by atoms with Gasteiger partial charge in [0.1, 0.15) is 5.82 Å². The first-order valence-electron chi connectivity index (χ1n) is 8.46. The van der Waals surface area contributed by atoms with Crippen molar-refractivity contribution in [3.8, 4) is 0 Å². The van der Waals surface area contributed by atoms with Gasteiger partial charge in [0.15, 0.2) is 6.61 Å². The summed E-state index contributed by atoms with van der Waals surface area (Å²) in [6.07, 6.45) is 5.50. The van der Waals surface area contributed by atoms with Gasteiger partial charge in [-0.3, -0.25) is 4.79 Å². The van der Waals surface area contributed by atoms with Gasteiger partial charge in [-0.2, -0.15) is 0 Å². The van der Waals surface area contributed by atoms with E-state index in [0.717, 1.165) is 18.9 Å². The minimum absolute atomic E-state index is 0.107. The molecule has 1 saturated carbocycles. The third-order valence-electron chi connectivity index (χ3n) is 4.78.